The fourth-order valence-electron chi connectivity index (χ4n) is 2.19. The van der Waals surface area contributed by atoms with E-state index >= 15 is 0 Å². The van der Waals surface area contributed by atoms with Crippen LogP contribution in [0.1, 0.15) is 5.56 Å². The molecule has 0 aliphatic carbocycles. The molecule has 0 saturated carbocycles. The summed E-state index contributed by atoms with van der Waals surface area (Å²) in [6, 6.07) is 8.82. The summed E-state index contributed by atoms with van der Waals surface area (Å²) in [5.41, 5.74) is -0.498. The minimum Gasteiger partial charge on any atom is -0.714 e. The second-order valence-electron chi connectivity index (χ2n) is 5.47. The van der Waals surface area contributed by atoms with Crippen LogP contribution >= 0.6 is 11.8 Å². The van der Waals surface area contributed by atoms with Crippen molar-refractivity contribution >= 4 is 33.3 Å². The average molecular weight is 460 g/mol. The Bertz CT molecular complexity index is 773. The first kappa shape index (κ1) is 26.2. The van der Waals surface area contributed by atoms with Gasteiger partial charge in [0.15, 0.2) is 0 Å². The van der Waals surface area contributed by atoms with E-state index in [2.05, 4.69) is 9.44 Å². The zero-order valence-corrected chi connectivity index (χ0v) is 19.5. The Morgan fingerprint density at radius 2 is 1.86 bits per heavy atom. The Hall–Kier alpha value is 0.126. The molecular weight excluding hydrogens is 441 g/mol. The number of benzene rings is 1. The summed E-state index contributed by atoms with van der Waals surface area (Å²) >= 11 is 0.639. The van der Waals surface area contributed by atoms with E-state index in [1.54, 1.807) is 30.3 Å². The number of hydrogen-bond acceptors (Lipinski definition) is 11. The molecule has 1 aliphatic rings. The van der Waals surface area contributed by atoms with Crippen molar-refractivity contribution in [2.45, 2.75) is 29.9 Å². The molecule has 0 spiro atoms. The number of aliphatic hydroxyl groups is 4. The van der Waals surface area contributed by atoms with E-state index in [4.69, 9.17) is 4.74 Å². The van der Waals surface area contributed by atoms with E-state index in [-0.39, 0.29) is 56.4 Å². The van der Waals surface area contributed by atoms with E-state index in [0.29, 0.717) is 11.8 Å². The van der Waals surface area contributed by atoms with Gasteiger partial charge in [-0.1, -0.05) is 53.3 Å². The van der Waals surface area contributed by atoms with Crippen LogP contribution < -0.4 is 51.4 Å². The first-order chi connectivity index (χ1) is 12.7. The van der Waals surface area contributed by atoms with Gasteiger partial charge in [-0.25, -0.2) is 0 Å². The number of hydrogen-bond donors (Lipinski definition) is 4. The third kappa shape index (κ3) is 8.10. The Balaban J connectivity index is 0.00000392. The first-order valence-corrected chi connectivity index (χ1v) is 9.85. The van der Waals surface area contributed by atoms with Crippen molar-refractivity contribution in [1.29, 1.82) is 0 Å². The van der Waals surface area contributed by atoms with Crippen molar-refractivity contribution in [3.63, 3.8) is 0 Å². The second-order valence-corrected chi connectivity index (χ2v) is 7.56. The van der Waals surface area contributed by atoms with Crippen LogP contribution in [0.3, 0.4) is 0 Å². The van der Waals surface area contributed by atoms with Crippen molar-refractivity contribution in [2.24, 2.45) is 5.16 Å². The van der Waals surface area contributed by atoms with Gasteiger partial charge in [0.1, 0.15) is 34.9 Å². The molecule has 150 valence electrons. The van der Waals surface area contributed by atoms with Crippen LogP contribution in [0.4, 0.5) is 0 Å². The summed E-state index contributed by atoms with van der Waals surface area (Å²) in [7, 11) is -5.11. The third-order valence-electron chi connectivity index (χ3n) is 3.52. The van der Waals surface area contributed by atoms with Gasteiger partial charge in [0.25, 0.3) is 10.4 Å². The molecule has 13 heteroatoms. The van der Waals surface area contributed by atoms with Gasteiger partial charge in [-0.3, -0.25) is 4.28 Å². The standard InChI is InChI=1S/C15H19NO9S2.K/c17-8-10-12(18)13(19)14(20)15(24-10)26-11(16-25-27(21,22)23)7-6-9-4-2-1-3-5-9;/h1-7,10,12-15,17-20H,8H2,(H,21,22,23);/q;+1/p-1/b7-6+,16-11-;/t10-,12-,13+,14-,15+;/m1./s1. The molecule has 1 aromatic carbocycles. The fourth-order valence-corrected chi connectivity index (χ4v) is 3.37. The molecular formula is C15H18KNO9S2. The molecule has 28 heavy (non-hydrogen) atoms. The molecule has 1 saturated heterocycles. The third-order valence-corrected chi connectivity index (χ3v) is 4.85. The summed E-state index contributed by atoms with van der Waals surface area (Å²) < 4.78 is 41.2. The maximum atomic E-state index is 10.7. The van der Waals surface area contributed by atoms with Crippen LogP contribution in [0.25, 0.3) is 6.08 Å². The first-order valence-electron chi connectivity index (χ1n) is 7.64. The molecule has 1 aliphatic heterocycles. The Labute approximate surface area is 208 Å². The van der Waals surface area contributed by atoms with Crippen molar-refractivity contribution < 1.29 is 93.8 Å². The molecule has 1 aromatic rings. The van der Waals surface area contributed by atoms with E-state index in [0.717, 1.165) is 5.56 Å². The number of thioether (sulfide) groups is 1. The smallest absolute Gasteiger partial charge is 0.714 e. The number of nitrogens with zero attached hydrogens (tertiary/aromatic N) is 1. The molecule has 2 rings (SSSR count). The SMILES string of the molecule is O=S(=O)([O-])O/N=C(/C=C/c1ccccc1)S[C@@H]1O[C@H](CO)[C@@H](O)[C@H](O)[C@H]1O.[K+]. The van der Waals surface area contributed by atoms with Crippen molar-refractivity contribution in [3.05, 3.63) is 42.0 Å². The Morgan fingerprint density at radius 3 is 2.43 bits per heavy atom. The van der Waals surface area contributed by atoms with Crippen LogP contribution in [0, 0.1) is 0 Å². The van der Waals surface area contributed by atoms with Crippen molar-refractivity contribution in [1.82, 2.24) is 0 Å². The van der Waals surface area contributed by atoms with E-state index in [9.17, 15) is 33.4 Å². The van der Waals surface area contributed by atoms with Crippen molar-refractivity contribution in [2.75, 3.05) is 6.61 Å². The molecule has 1 heterocycles. The average Bonchev–Trinajstić information content (AvgIpc) is 2.64. The normalized spacial score (nSPS) is 28.8. The van der Waals surface area contributed by atoms with Crippen LogP contribution in [0.5, 0.6) is 0 Å². The van der Waals surface area contributed by atoms with Gasteiger partial charge in [0, 0.05) is 0 Å². The molecule has 5 atom stereocenters. The predicted octanol–water partition coefficient (Wildman–Crippen LogP) is -3.97. The number of rotatable bonds is 6. The van der Waals surface area contributed by atoms with E-state index < -0.39 is 46.9 Å². The van der Waals surface area contributed by atoms with Crippen LogP contribution in [-0.2, 0) is 19.4 Å². The predicted molar refractivity (Wildman–Crippen MR) is 95.1 cm³/mol. The van der Waals surface area contributed by atoms with Crippen molar-refractivity contribution in [3.8, 4) is 0 Å². The zero-order valence-electron chi connectivity index (χ0n) is 14.7. The molecule has 1 fully saturated rings. The molecule has 0 amide bonds. The van der Waals surface area contributed by atoms with Crippen LogP contribution in [0.2, 0.25) is 0 Å². The van der Waals surface area contributed by atoms with Gasteiger partial charge in [-0.05, 0) is 11.6 Å². The summed E-state index contributed by atoms with van der Waals surface area (Å²) in [5.74, 6) is 0. The summed E-state index contributed by atoms with van der Waals surface area (Å²) in [6.45, 7) is -0.625. The Kier molecular flexibility index (Phi) is 11.3. The number of oxime groups is 1. The second kappa shape index (κ2) is 12.1. The van der Waals surface area contributed by atoms with Gasteiger partial charge in [0.05, 0.1) is 6.61 Å². The zero-order chi connectivity index (χ0) is 20.0. The molecule has 0 aromatic heterocycles. The van der Waals surface area contributed by atoms with Crippen LogP contribution in [-0.4, -0.2) is 74.9 Å². The largest absolute Gasteiger partial charge is 1.00 e. The number of ether oxygens (including phenoxy) is 1. The van der Waals surface area contributed by atoms with Crippen LogP contribution in [0.15, 0.2) is 41.6 Å². The van der Waals surface area contributed by atoms with Gasteiger partial charge >= 0.3 is 51.4 Å². The molecule has 4 N–H and O–H groups in total. The fraction of sp³-hybridized carbons (Fsp3) is 0.400. The Morgan fingerprint density at radius 1 is 1.21 bits per heavy atom. The van der Waals surface area contributed by atoms with Gasteiger partial charge < -0.3 is 29.7 Å². The summed E-state index contributed by atoms with van der Waals surface area (Å²) in [5, 5.41) is 41.9. The van der Waals surface area contributed by atoms with E-state index in [1.807, 2.05) is 0 Å². The maximum absolute atomic E-state index is 10.7. The molecule has 0 bridgehead atoms. The van der Waals surface area contributed by atoms with Gasteiger partial charge in [-0.2, -0.15) is 8.42 Å². The van der Waals surface area contributed by atoms with Gasteiger partial charge in [-0.15, -0.1) is 0 Å². The molecule has 0 unspecified atom stereocenters. The minimum atomic E-state index is -5.11. The van der Waals surface area contributed by atoms with Gasteiger partial charge in [0.2, 0.25) is 0 Å². The molecule has 0 radical (unpaired) electrons. The van der Waals surface area contributed by atoms with E-state index in [1.165, 1.54) is 12.2 Å². The minimum absolute atomic E-state index is 0. The maximum Gasteiger partial charge on any atom is 1.00 e. The molecule has 10 nitrogen and oxygen atoms in total. The summed E-state index contributed by atoms with van der Waals surface area (Å²) in [4.78, 5) is 0. The number of aliphatic hydroxyl groups excluding tert-OH is 4. The monoisotopic (exact) mass is 459 g/mol. The quantitative estimate of drug-likeness (QED) is 0.0822. The summed E-state index contributed by atoms with van der Waals surface area (Å²) in [6.07, 6.45) is -3.03. The topological polar surface area (TPSA) is 169 Å².